The molecule has 1 aromatic rings. The number of amides is 2. The van der Waals surface area contributed by atoms with Crippen molar-refractivity contribution < 1.29 is 18.4 Å². The molecule has 132 valence electrons. The zero-order chi connectivity index (χ0) is 17.7. The molecule has 0 heterocycles. The molecule has 2 atom stereocenters. The lowest BCUT2D eigenvalue weighted by atomic mass is 10.1. The molecule has 24 heavy (non-hydrogen) atoms. The third-order valence-corrected chi connectivity index (χ3v) is 4.41. The lowest BCUT2D eigenvalue weighted by Gasteiger charge is -2.19. The molecule has 1 aliphatic rings. The average molecular weight is 338 g/mol. The number of carbonyl (C=O) groups is 2. The molecule has 1 fully saturated rings. The normalized spacial score (nSPS) is 17.3. The van der Waals surface area contributed by atoms with Gasteiger partial charge in [-0.15, -0.1) is 0 Å². The van der Waals surface area contributed by atoms with Gasteiger partial charge >= 0.3 is 0 Å². The Morgan fingerprint density at radius 1 is 1.17 bits per heavy atom. The van der Waals surface area contributed by atoms with Crippen LogP contribution in [-0.4, -0.2) is 17.9 Å². The van der Waals surface area contributed by atoms with Crippen LogP contribution in [0.5, 0.6) is 0 Å². The average Bonchev–Trinajstić information content (AvgIpc) is 3.00. The van der Waals surface area contributed by atoms with Gasteiger partial charge < -0.3 is 10.6 Å². The number of hydrogen-bond acceptors (Lipinski definition) is 2. The van der Waals surface area contributed by atoms with Crippen molar-refractivity contribution in [2.45, 2.75) is 58.0 Å². The van der Waals surface area contributed by atoms with E-state index in [1.165, 1.54) is 6.07 Å². The maximum Gasteiger partial charge on any atom is 0.223 e. The fraction of sp³-hybridized carbons (Fsp3) is 0.556. The number of halogens is 2. The van der Waals surface area contributed by atoms with Gasteiger partial charge in [0.15, 0.2) is 0 Å². The van der Waals surface area contributed by atoms with E-state index in [-0.39, 0.29) is 35.8 Å². The second kappa shape index (κ2) is 8.22. The topological polar surface area (TPSA) is 58.2 Å². The maximum absolute atomic E-state index is 13.7. The Morgan fingerprint density at radius 2 is 1.83 bits per heavy atom. The van der Waals surface area contributed by atoms with Gasteiger partial charge in [0.2, 0.25) is 11.8 Å². The highest BCUT2D eigenvalue weighted by Crippen LogP contribution is 2.24. The summed E-state index contributed by atoms with van der Waals surface area (Å²) < 4.78 is 26.6. The molecule has 0 aliphatic heterocycles. The van der Waals surface area contributed by atoms with Crippen molar-refractivity contribution in [2.24, 2.45) is 5.92 Å². The fourth-order valence-electron chi connectivity index (χ4n) is 3.11. The van der Waals surface area contributed by atoms with Crippen LogP contribution < -0.4 is 10.6 Å². The lowest BCUT2D eigenvalue weighted by molar-refractivity contribution is -0.126. The van der Waals surface area contributed by atoms with Gasteiger partial charge in [-0.2, -0.15) is 0 Å². The van der Waals surface area contributed by atoms with E-state index in [1.54, 1.807) is 13.8 Å². The van der Waals surface area contributed by atoms with Crippen molar-refractivity contribution in [1.82, 2.24) is 10.6 Å². The first-order chi connectivity index (χ1) is 11.4. The number of rotatable bonds is 6. The molecule has 4 nitrogen and oxygen atoms in total. The molecular formula is C18H24F2N2O2. The standard InChI is InChI=1S/C18H24F2N2O2/c1-11(21-18(24)13-5-3-4-6-13)9-17(23)22-12(2)15-8-7-14(19)10-16(15)20/h7-8,10-13H,3-6,9H2,1-2H3,(H,21,24)(H,22,23)/t11-,12-/m0/s1. The molecule has 0 saturated heterocycles. The zero-order valence-electron chi connectivity index (χ0n) is 14.1. The largest absolute Gasteiger partial charge is 0.353 e. The minimum atomic E-state index is -0.689. The molecule has 0 spiro atoms. The summed E-state index contributed by atoms with van der Waals surface area (Å²) in [6, 6.07) is 2.41. The van der Waals surface area contributed by atoms with E-state index in [9.17, 15) is 18.4 Å². The van der Waals surface area contributed by atoms with E-state index >= 15 is 0 Å². The van der Waals surface area contributed by atoms with E-state index in [4.69, 9.17) is 0 Å². The van der Waals surface area contributed by atoms with Crippen molar-refractivity contribution in [2.75, 3.05) is 0 Å². The molecule has 0 bridgehead atoms. The first-order valence-electron chi connectivity index (χ1n) is 8.41. The first kappa shape index (κ1) is 18.4. The molecule has 0 radical (unpaired) electrons. The molecule has 2 rings (SSSR count). The molecule has 2 N–H and O–H groups in total. The Labute approximate surface area is 141 Å². The van der Waals surface area contributed by atoms with Crippen molar-refractivity contribution in [1.29, 1.82) is 0 Å². The predicted octanol–water partition coefficient (Wildman–Crippen LogP) is 3.23. The second-order valence-corrected chi connectivity index (χ2v) is 6.55. The highest BCUT2D eigenvalue weighted by atomic mass is 19.1. The van der Waals surface area contributed by atoms with Gasteiger partial charge in [0.1, 0.15) is 11.6 Å². The Hall–Kier alpha value is -1.98. The highest BCUT2D eigenvalue weighted by molar-refractivity contribution is 5.81. The van der Waals surface area contributed by atoms with E-state index in [1.807, 2.05) is 0 Å². The van der Waals surface area contributed by atoms with Gasteiger partial charge in [-0.1, -0.05) is 18.9 Å². The number of benzene rings is 1. The number of hydrogen-bond donors (Lipinski definition) is 2. The Kier molecular flexibility index (Phi) is 6.29. The van der Waals surface area contributed by atoms with Crippen molar-refractivity contribution >= 4 is 11.8 Å². The maximum atomic E-state index is 13.7. The van der Waals surface area contributed by atoms with Crippen LogP contribution in [0.3, 0.4) is 0 Å². The van der Waals surface area contributed by atoms with Gasteiger partial charge in [0.25, 0.3) is 0 Å². The predicted molar refractivity (Wildman–Crippen MR) is 87.1 cm³/mol. The van der Waals surface area contributed by atoms with E-state index in [0.29, 0.717) is 0 Å². The molecule has 1 aromatic carbocycles. The summed E-state index contributed by atoms with van der Waals surface area (Å²) in [4.78, 5) is 24.1. The van der Waals surface area contributed by atoms with E-state index in [2.05, 4.69) is 10.6 Å². The van der Waals surface area contributed by atoms with Gasteiger partial charge in [-0.05, 0) is 32.8 Å². The molecular weight excluding hydrogens is 314 g/mol. The summed E-state index contributed by atoms with van der Waals surface area (Å²) in [7, 11) is 0. The van der Waals surface area contributed by atoms with Gasteiger partial charge in [0, 0.05) is 30.0 Å². The van der Waals surface area contributed by atoms with E-state index in [0.717, 1.165) is 37.8 Å². The van der Waals surface area contributed by atoms with Crippen molar-refractivity contribution in [3.63, 3.8) is 0 Å². The lowest BCUT2D eigenvalue weighted by Crippen LogP contribution is -2.40. The summed E-state index contributed by atoms with van der Waals surface area (Å²) in [5.41, 5.74) is 0.229. The minimum absolute atomic E-state index is 0.00503. The molecule has 2 amide bonds. The number of carbonyl (C=O) groups excluding carboxylic acids is 2. The summed E-state index contributed by atoms with van der Waals surface area (Å²) in [6.45, 7) is 3.41. The van der Waals surface area contributed by atoms with Crippen molar-refractivity contribution in [3.8, 4) is 0 Å². The number of nitrogens with one attached hydrogen (secondary N) is 2. The van der Waals surface area contributed by atoms with E-state index < -0.39 is 17.7 Å². The smallest absolute Gasteiger partial charge is 0.223 e. The van der Waals surface area contributed by atoms with Crippen LogP contribution in [0.2, 0.25) is 0 Å². The third-order valence-electron chi connectivity index (χ3n) is 4.41. The van der Waals surface area contributed by atoms with Crippen molar-refractivity contribution in [3.05, 3.63) is 35.4 Å². The van der Waals surface area contributed by atoms with Crippen LogP contribution in [0.25, 0.3) is 0 Å². The molecule has 0 aromatic heterocycles. The summed E-state index contributed by atoms with van der Waals surface area (Å²) >= 11 is 0. The van der Waals surface area contributed by atoms with Crippen LogP contribution in [0, 0.1) is 17.6 Å². The quantitative estimate of drug-likeness (QED) is 0.837. The molecule has 1 saturated carbocycles. The highest BCUT2D eigenvalue weighted by Gasteiger charge is 2.24. The third kappa shape index (κ3) is 5.01. The minimum Gasteiger partial charge on any atom is -0.353 e. The van der Waals surface area contributed by atoms with Crippen LogP contribution in [0.1, 0.15) is 57.6 Å². The monoisotopic (exact) mass is 338 g/mol. The van der Waals surface area contributed by atoms with Gasteiger partial charge in [0.05, 0.1) is 6.04 Å². The summed E-state index contributed by atoms with van der Waals surface area (Å²) in [5.74, 6) is -1.57. The summed E-state index contributed by atoms with van der Waals surface area (Å²) in [5, 5.41) is 5.54. The van der Waals surface area contributed by atoms with Crippen LogP contribution in [-0.2, 0) is 9.59 Å². The second-order valence-electron chi connectivity index (χ2n) is 6.55. The molecule has 0 unspecified atom stereocenters. The first-order valence-corrected chi connectivity index (χ1v) is 8.41. The summed E-state index contributed by atoms with van der Waals surface area (Å²) in [6.07, 6.45) is 4.09. The Balaban J connectivity index is 1.82. The van der Waals surface area contributed by atoms with Gasteiger partial charge in [-0.25, -0.2) is 8.78 Å². The van der Waals surface area contributed by atoms with Crippen LogP contribution in [0.15, 0.2) is 18.2 Å². The zero-order valence-corrected chi connectivity index (χ0v) is 14.1. The van der Waals surface area contributed by atoms with Gasteiger partial charge in [-0.3, -0.25) is 9.59 Å². The van der Waals surface area contributed by atoms with Crippen LogP contribution >= 0.6 is 0 Å². The molecule has 1 aliphatic carbocycles. The molecule has 6 heteroatoms. The van der Waals surface area contributed by atoms with Crippen LogP contribution in [0.4, 0.5) is 8.78 Å². The Bertz CT molecular complexity index is 601. The Morgan fingerprint density at radius 3 is 2.46 bits per heavy atom. The SMILES string of the molecule is C[C@H](NC(=O)C[C@H](C)NC(=O)C1CCCC1)c1ccc(F)cc1F. The fourth-order valence-corrected chi connectivity index (χ4v) is 3.11.